The summed E-state index contributed by atoms with van der Waals surface area (Å²) < 4.78 is 5.33. The van der Waals surface area contributed by atoms with E-state index in [0.29, 0.717) is 6.61 Å². The van der Waals surface area contributed by atoms with Gasteiger partial charge in [-0.25, -0.2) is 0 Å². The van der Waals surface area contributed by atoms with Crippen molar-refractivity contribution in [3.8, 4) is 0 Å². The lowest BCUT2D eigenvalue weighted by molar-refractivity contribution is -0.143. The molecule has 2 aromatic carbocycles. The number of ether oxygens (including phenoxy) is 1. The lowest BCUT2D eigenvalue weighted by Gasteiger charge is -2.24. The number of rotatable bonds is 16. The highest BCUT2D eigenvalue weighted by Crippen LogP contribution is 2.37. The summed E-state index contributed by atoms with van der Waals surface area (Å²) in [5.41, 5.74) is 14.1. The Morgan fingerprint density at radius 3 is 2.53 bits per heavy atom. The Kier molecular flexibility index (Phi) is 11.9. The van der Waals surface area contributed by atoms with Crippen LogP contribution >= 0.6 is 0 Å². The Morgan fingerprint density at radius 2 is 1.79 bits per heavy atom. The zero-order chi connectivity index (χ0) is 27.3. The smallest absolute Gasteiger partial charge is 0.306 e. The number of carbonyl (C=O) groups excluding carboxylic acids is 1. The Bertz CT molecular complexity index is 1070. The average Bonchev–Trinajstić information content (AvgIpc) is 2.90. The van der Waals surface area contributed by atoms with Gasteiger partial charge in [0.15, 0.2) is 0 Å². The second kappa shape index (κ2) is 15.4. The zero-order valence-electron chi connectivity index (χ0n) is 23.1. The fourth-order valence-electron chi connectivity index (χ4n) is 5.30. The molecule has 1 unspecified atom stereocenters. The summed E-state index contributed by atoms with van der Waals surface area (Å²) in [5, 5.41) is 15.6. The lowest BCUT2D eigenvalue weighted by atomic mass is 9.83. The molecule has 7 nitrogen and oxygen atoms in total. The van der Waals surface area contributed by atoms with Crippen LogP contribution in [0.2, 0.25) is 0 Å². The molecule has 0 radical (unpaired) electrons. The van der Waals surface area contributed by atoms with Crippen molar-refractivity contribution in [1.82, 2.24) is 5.32 Å². The molecule has 0 spiro atoms. The largest absolute Gasteiger partial charge is 0.481 e. The van der Waals surface area contributed by atoms with Crippen LogP contribution in [-0.2, 0) is 27.3 Å². The first-order chi connectivity index (χ1) is 18.4. The van der Waals surface area contributed by atoms with E-state index in [4.69, 9.17) is 15.6 Å². The summed E-state index contributed by atoms with van der Waals surface area (Å²) in [7, 11) is 0. The number of carboxylic acids is 1. The molecule has 0 saturated carbocycles. The molecule has 1 atom stereocenters. The normalized spacial score (nSPS) is 13.5. The van der Waals surface area contributed by atoms with Crippen LogP contribution in [0.1, 0.15) is 98.4 Å². The summed E-state index contributed by atoms with van der Waals surface area (Å²) in [6.45, 7) is 6.95. The second-order valence-electron chi connectivity index (χ2n) is 10.3. The van der Waals surface area contributed by atoms with Gasteiger partial charge < -0.3 is 26.2 Å². The average molecular weight is 524 g/mol. The number of nitrogens with two attached hydrogens (primary N) is 1. The third-order valence-electron chi connectivity index (χ3n) is 7.51. The predicted molar refractivity (Wildman–Crippen MR) is 154 cm³/mol. The highest BCUT2D eigenvalue weighted by molar-refractivity contribution is 5.75. The monoisotopic (exact) mass is 523 g/mol. The zero-order valence-corrected chi connectivity index (χ0v) is 23.1. The SMILES string of the molecule is CCOC(=O)CC(c1ccc2c(c1)CNCC2)c1ccc(NCCCCCCCCCC(=O)O)c(N)c1C. The van der Waals surface area contributed by atoms with Crippen LogP contribution in [0.15, 0.2) is 30.3 Å². The molecule has 0 aliphatic carbocycles. The number of esters is 1. The summed E-state index contributed by atoms with van der Waals surface area (Å²) in [5.74, 6) is -1.02. The van der Waals surface area contributed by atoms with Gasteiger partial charge in [-0.1, -0.05) is 56.4 Å². The molecule has 1 heterocycles. The first-order valence-electron chi connectivity index (χ1n) is 14.2. The lowest BCUT2D eigenvalue weighted by Crippen LogP contribution is -2.24. The van der Waals surface area contributed by atoms with Crippen LogP contribution in [0.3, 0.4) is 0 Å². The van der Waals surface area contributed by atoms with Crippen molar-refractivity contribution in [2.45, 2.75) is 90.5 Å². The van der Waals surface area contributed by atoms with Gasteiger partial charge >= 0.3 is 11.9 Å². The van der Waals surface area contributed by atoms with Gasteiger partial charge in [0, 0.05) is 25.4 Å². The van der Waals surface area contributed by atoms with E-state index >= 15 is 0 Å². The highest BCUT2D eigenvalue weighted by Gasteiger charge is 2.24. The van der Waals surface area contributed by atoms with Crippen LogP contribution in [0.5, 0.6) is 0 Å². The van der Waals surface area contributed by atoms with Crippen molar-refractivity contribution >= 4 is 23.3 Å². The van der Waals surface area contributed by atoms with E-state index < -0.39 is 5.97 Å². The van der Waals surface area contributed by atoms with Gasteiger partial charge in [0.05, 0.1) is 24.4 Å². The van der Waals surface area contributed by atoms with Gasteiger partial charge in [0.25, 0.3) is 0 Å². The molecule has 5 N–H and O–H groups in total. The van der Waals surface area contributed by atoms with Gasteiger partial charge in [0.2, 0.25) is 0 Å². The standard InChI is InChI=1S/C31H45N3O4/c1-3-38-30(37)20-27(24-13-12-23-16-18-33-21-25(23)19-24)26-14-15-28(31(32)22(26)2)34-17-10-8-6-4-5-7-9-11-29(35)36/h12-15,19,27,33-34H,3-11,16-18,20-21,32H2,1-2H3,(H,35,36). The quantitative estimate of drug-likeness (QED) is 0.123. The molecule has 1 aliphatic rings. The van der Waals surface area contributed by atoms with E-state index in [0.717, 1.165) is 99.1 Å². The molecule has 0 aromatic heterocycles. The molecular formula is C31H45N3O4. The number of hydrogen-bond donors (Lipinski definition) is 4. The number of unbranched alkanes of at least 4 members (excludes halogenated alkanes) is 6. The molecule has 0 fully saturated rings. The molecule has 7 heteroatoms. The number of aliphatic carboxylic acids is 1. The summed E-state index contributed by atoms with van der Waals surface area (Å²) >= 11 is 0. The number of carbonyl (C=O) groups is 2. The van der Waals surface area contributed by atoms with Crippen LogP contribution in [0.25, 0.3) is 0 Å². The van der Waals surface area contributed by atoms with Gasteiger partial charge in [-0.2, -0.15) is 0 Å². The van der Waals surface area contributed by atoms with E-state index in [1.165, 1.54) is 11.1 Å². The first kappa shape index (κ1) is 29.5. The van der Waals surface area contributed by atoms with Crippen molar-refractivity contribution in [2.75, 3.05) is 30.7 Å². The van der Waals surface area contributed by atoms with Crippen molar-refractivity contribution in [1.29, 1.82) is 0 Å². The molecule has 2 aromatic rings. The minimum absolute atomic E-state index is 0.117. The molecule has 208 valence electrons. The van der Waals surface area contributed by atoms with E-state index in [1.807, 2.05) is 19.9 Å². The molecule has 1 aliphatic heterocycles. The Labute approximate surface area is 227 Å². The number of hydrogen-bond acceptors (Lipinski definition) is 6. The maximum atomic E-state index is 12.6. The fourth-order valence-corrected chi connectivity index (χ4v) is 5.30. The number of carboxylic acid groups (broad SMARTS) is 1. The van der Waals surface area contributed by atoms with Crippen molar-refractivity contribution < 1.29 is 19.4 Å². The number of anilines is 2. The number of benzene rings is 2. The third-order valence-corrected chi connectivity index (χ3v) is 7.51. The fraction of sp³-hybridized carbons (Fsp3) is 0.548. The third kappa shape index (κ3) is 8.76. The topological polar surface area (TPSA) is 114 Å². The summed E-state index contributed by atoms with van der Waals surface area (Å²) in [6.07, 6.45) is 8.95. The summed E-state index contributed by atoms with van der Waals surface area (Å²) in [4.78, 5) is 23.1. The molecule has 0 amide bonds. The van der Waals surface area contributed by atoms with Crippen molar-refractivity contribution in [2.24, 2.45) is 0 Å². The first-order valence-corrected chi connectivity index (χ1v) is 14.2. The maximum absolute atomic E-state index is 12.6. The Morgan fingerprint density at radius 1 is 1.05 bits per heavy atom. The second-order valence-corrected chi connectivity index (χ2v) is 10.3. The van der Waals surface area contributed by atoms with Crippen LogP contribution in [0, 0.1) is 6.92 Å². The van der Waals surface area contributed by atoms with E-state index in [-0.39, 0.29) is 24.7 Å². The predicted octanol–water partition coefficient (Wildman–Crippen LogP) is 5.93. The molecule has 38 heavy (non-hydrogen) atoms. The van der Waals surface area contributed by atoms with Gasteiger partial charge in [-0.05, 0) is 73.5 Å². The van der Waals surface area contributed by atoms with Gasteiger partial charge in [-0.3, -0.25) is 9.59 Å². The van der Waals surface area contributed by atoms with Crippen molar-refractivity contribution in [3.05, 3.63) is 58.1 Å². The Balaban J connectivity index is 1.61. The van der Waals surface area contributed by atoms with E-state index in [9.17, 15) is 9.59 Å². The van der Waals surface area contributed by atoms with Crippen LogP contribution < -0.4 is 16.4 Å². The van der Waals surface area contributed by atoms with E-state index in [2.05, 4.69) is 34.9 Å². The van der Waals surface area contributed by atoms with Gasteiger partial charge in [-0.15, -0.1) is 0 Å². The molecule has 0 saturated heterocycles. The molecule has 3 rings (SSSR count). The summed E-state index contributed by atoms with van der Waals surface area (Å²) in [6, 6.07) is 10.7. The molecule has 0 bridgehead atoms. The minimum Gasteiger partial charge on any atom is -0.481 e. The van der Waals surface area contributed by atoms with E-state index in [1.54, 1.807) is 0 Å². The van der Waals surface area contributed by atoms with Crippen molar-refractivity contribution in [3.63, 3.8) is 0 Å². The number of fused-ring (bicyclic) bond motifs is 1. The maximum Gasteiger partial charge on any atom is 0.306 e. The molecular weight excluding hydrogens is 478 g/mol. The van der Waals surface area contributed by atoms with Crippen LogP contribution in [0.4, 0.5) is 11.4 Å². The number of nitrogen functional groups attached to an aromatic ring is 1. The highest BCUT2D eigenvalue weighted by atomic mass is 16.5. The van der Waals surface area contributed by atoms with Gasteiger partial charge in [0.1, 0.15) is 0 Å². The minimum atomic E-state index is -0.704. The Hall–Kier alpha value is -3.06. The number of nitrogens with one attached hydrogen (secondary N) is 2. The van der Waals surface area contributed by atoms with Crippen LogP contribution in [-0.4, -0.2) is 36.7 Å².